The zero-order chi connectivity index (χ0) is 14.9. The SMILES string of the molecule is CC(OCC1CCCCO1)C(=O)NCCN1CCNCC1. The van der Waals surface area contributed by atoms with E-state index in [-0.39, 0.29) is 12.0 Å². The molecule has 2 aliphatic rings. The van der Waals surface area contributed by atoms with Gasteiger partial charge in [0.15, 0.2) is 0 Å². The summed E-state index contributed by atoms with van der Waals surface area (Å²) in [4.78, 5) is 14.3. The first-order valence-electron chi connectivity index (χ1n) is 8.19. The van der Waals surface area contributed by atoms with E-state index in [1.165, 1.54) is 6.42 Å². The molecule has 0 aromatic carbocycles. The Kier molecular flexibility index (Phi) is 7.43. The first-order chi connectivity index (χ1) is 10.3. The minimum absolute atomic E-state index is 0.0269. The average Bonchev–Trinajstić information content (AvgIpc) is 2.54. The van der Waals surface area contributed by atoms with E-state index in [9.17, 15) is 4.79 Å². The standard InChI is InChI=1S/C15H29N3O3/c1-13(21-12-14-4-2-3-11-20-14)15(19)17-7-10-18-8-5-16-6-9-18/h13-14,16H,2-12H2,1H3,(H,17,19). The summed E-state index contributed by atoms with van der Waals surface area (Å²) in [5, 5.41) is 6.27. The van der Waals surface area contributed by atoms with Crippen LogP contribution in [0.25, 0.3) is 0 Å². The van der Waals surface area contributed by atoms with E-state index in [0.29, 0.717) is 13.2 Å². The van der Waals surface area contributed by atoms with Gasteiger partial charge in [0.05, 0.1) is 12.7 Å². The highest BCUT2D eigenvalue weighted by molar-refractivity contribution is 5.80. The van der Waals surface area contributed by atoms with Gasteiger partial charge in [0.25, 0.3) is 0 Å². The van der Waals surface area contributed by atoms with Crippen molar-refractivity contribution in [2.24, 2.45) is 0 Å². The largest absolute Gasteiger partial charge is 0.376 e. The molecule has 2 atom stereocenters. The van der Waals surface area contributed by atoms with Crippen molar-refractivity contribution in [3.63, 3.8) is 0 Å². The summed E-state index contributed by atoms with van der Waals surface area (Å²) in [6.07, 6.45) is 3.13. The summed E-state index contributed by atoms with van der Waals surface area (Å²) in [5.74, 6) is -0.0269. The molecule has 122 valence electrons. The maximum absolute atomic E-state index is 11.9. The fourth-order valence-corrected chi connectivity index (χ4v) is 2.68. The van der Waals surface area contributed by atoms with Crippen molar-refractivity contribution in [1.29, 1.82) is 0 Å². The molecule has 2 unspecified atom stereocenters. The normalized spacial score (nSPS) is 25.5. The lowest BCUT2D eigenvalue weighted by Crippen LogP contribution is -2.47. The van der Waals surface area contributed by atoms with Gasteiger partial charge in [-0.2, -0.15) is 0 Å². The van der Waals surface area contributed by atoms with E-state index in [0.717, 1.165) is 52.2 Å². The number of carbonyl (C=O) groups is 1. The van der Waals surface area contributed by atoms with E-state index in [1.807, 2.05) is 6.92 Å². The van der Waals surface area contributed by atoms with Crippen molar-refractivity contribution in [2.45, 2.75) is 38.4 Å². The maximum Gasteiger partial charge on any atom is 0.248 e. The van der Waals surface area contributed by atoms with Gasteiger partial charge in [-0.15, -0.1) is 0 Å². The molecule has 0 bridgehead atoms. The second-order valence-corrected chi connectivity index (χ2v) is 5.85. The average molecular weight is 299 g/mol. The van der Waals surface area contributed by atoms with E-state index in [4.69, 9.17) is 9.47 Å². The van der Waals surface area contributed by atoms with E-state index < -0.39 is 6.10 Å². The lowest BCUT2D eigenvalue weighted by atomic mass is 10.1. The molecule has 6 nitrogen and oxygen atoms in total. The summed E-state index contributed by atoms with van der Waals surface area (Å²) in [5.41, 5.74) is 0. The highest BCUT2D eigenvalue weighted by Crippen LogP contribution is 2.13. The van der Waals surface area contributed by atoms with E-state index in [1.54, 1.807) is 0 Å². The van der Waals surface area contributed by atoms with Crippen LogP contribution in [0.5, 0.6) is 0 Å². The van der Waals surface area contributed by atoms with Gasteiger partial charge >= 0.3 is 0 Å². The van der Waals surface area contributed by atoms with Gasteiger partial charge in [-0.3, -0.25) is 9.69 Å². The van der Waals surface area contributed by atoms with Crippen LogP contribution >= 0.6 is 0 Å². The van der Waals surface area contributed by atoms with Crippen LogP contribution in [0, 0.1) is 0 Å². The summed E-state index contributed by atoms with van der Waals surface area (Å²) < 4.78 is 11.2. The molecular weight excluding hydrogens is 270 g/mol. The number of piperazine rings is 1. The Balaban J connectivity index is 1.54. The lowest BCUT2D eigenvalue weighted by molar-refractivity contribution is -0.135. The third kappa shape index (κ3) is 6.30. The van der Waals surface area contributed by atoms with Gasteiger partial charge in [0, 0.05) is 45.9 Å². The molecule has 2 heterocycles. The third-order valence-corrected chi connectivity index (χ3v) is 4.11. The molecule has 2 saturated heterocycles. The topological polar surface area (TPSA) is 62.8 Å². The summed E-state index contributed by atoms with van der Waals surface area (Å²) in [6, 6.07) is 0. The molecule has 0 saturated carbocycles. The molecule has 1 amide bonds. The van der Waals surface area contributed by atoms with Crippen LogP contribution in [0.1, 0.15) is 26.2 Å². The van der Waals surface area contributed by atoms with Gasteiger partial charge in [-0.05, 0) is 26.2 Å². The van der Waals surface area contributed by atoms with Crippen LogP contribution in [-0.4, -0.2) is 75.5 Å². The van der Waals surface area contributed by atoms with E-state index in [2.05, 4.69) is 15.5 Å². The Morgan fingerprint density at radius 2 is 2.24 bits per heavy atom. The van der Waals surface area contributed by atoms with Crippen molar-refractivity contribution < 1.29 is 14.3 Å². The molecule has 2 fully saturated rings. The molecule has 2 aliphatic heterocycles. The molecule has 0 spiro atoms. The smallest absolute Gasteiger partial charge is 0.248 e. The van der Waals surface area contributed by atoms with Crippen molar-refractivity contribution >= 4 is 5.91 Å². The quantitative estimate of drug-likeness (QED) is 0.692. The number of ether oxygens (including phenoxy) is 2. The molecule has 21 heavy (non-hydrogen) atoms. The van der Waals surface area contributed by atoms with Crippen molar-refractivity contribution in [2.75, 3.05) is 52.5 Å². The lowest BCUT2D eigenvalue weighted by Gasteiger charge is -2.27. The molecule has 2 rings (SSSR count). The van der Waals surface area contributed by atoms with Crippen LogP contribution < -0.4 is 10.6 Å². The summed E-state index contributed by atoms with van der Waals surface area (Å²) in [6.45, 7) is 8.93. The number of nitrogens with zero attached hydrogens (tertiary/aromatic N) is 1. The zero-order valence-electron chi connectivity index (χ0n) is 13.1. The molecule has 2 N–H and O–H groups in total. The van der Waals surface area contributed by atoms with Gasteiger partial charge in [-0.1, -0.05) is 0 Å². The minimum Gasteiger partial charge on any atom is -0.376 e. The van der Waals surface area contributed by atoms with Gasteiger partial charge in [0.1, 0.15) is 6.10 Å². The fourth-order valence-electron chi connectivity index (χ4n) is 2.68. The van der Waals surface area contributed by atoms with Crippen molar-refractivity contribution in [1.82, 2.24) is 15.5 Å². The van der Waals surface area contributed by atoms with Crippen LogP contribution in [-0.2, 0) is 14.3 Å². The van der Waals surface area contributed by atoms with Crippen LogP contribution in [0.2, 0.25) is 0 Å². The van der Waals surface area contributed by atoms with Crippen molar-refractivity contribution in [3.8, 4) is 0 Å². The Bertz CT molecular complexity index is 303. The van der Waals surface area contributed by atoms with Gasteiger partial charge in [0.2, 0.25) is 5.91 Å². The maximum atomic E-state index is 11.9. The first kappa shape index (κ1) is 16.7. The minimum atomic E-state index is -0.404. The highest BCUT2D eigenvalue weighted by atomic mass is 16.5. The molecule has 0 aromatic rings. The number of hydrogen-bond acceptors (Lipinski definition) is 5. The van der Waals surface area contributed by atoms with Crippen molar-refractivity contribution in [3.05, 3.63) is 0 Å². The molecule has 6 heteroatoms. The van der Waals surface area contributed by atoms with Crippen LogP contribution in [0.4, 0.5) is 0 Å². The Morgan fingerprint density at radius 3 is 2.95 bits per heavy atom. The second-order valence-electron chi connectivity index (χ2n) is 5.85. The Morgan fingerprint density at radius 1 is 1.43 bits per heavy atom. The Labute approximate surface area is 127 Å². The molecule has 0 radical (unpaired) electrons. The summed E-state index contributed by atoms with van der Waals surface area (Å²) in [7, 11) is 0. The van der Waals surface area contributed by atoms with E-state index >= 15 is 0 Å². The monoisotopic (exact) mass is 299 g/mol. The van der Waals surface area contributed by atoms with Gasteiger partial charge < -0.3 is 20.1 Å². The van der Waals surface area contributed by atoms with Gasteiger partial charge in [-0.25, -0.2) is 0 Å². The fraction of sp³-hybridized carbons (Fsp3) is 0.933. The van der Waals surface area contributed by atoms with Crippen LogP contribution in [0.3, 0.4) is 0 Å². The Hall–Kier alpha value is -0.690. The number of nitrogens with one attached hydrogen (secondary N) is 2. The number of rotatable bonds is 7. The molecule has 0 aromatic heterocycles. The third-order valence-electron chi connectivity index (χ3n) is 4.11. The number of hydrogen-bond donors (Lipinski definition) is 2. The zero-order valence-corrected chi connectivity index (χ0v) is 13.1. The first-order valence-corrected chi connectivity index (χ1v) is 8.19. The highest BCUT2D eigenvalue weighted by Gasteiger charge is 2.19. The second kappa shape index (κ2) is 9.35. The molecular formula is C15H29N3O3. The number of amides is 1. The molecule has 0 aliphatic carbocycles. The predicted molar refractivity (Wildman–Crippen MR) is 81.3 cm³/mol. The number of carbonyl (C=O) groups excluding carboxylic acids is 1. The van der Waals surface area contributed by atoms with Crippen LogP contribution in [0.15, 0.2) is 0 Å². The predicted octanol–water partition coefficient (Wildman–Crippen LogP) is -0.0180. The summed E-state index contributed by atoms with van der Waals surface area (Å²) >= 11 is 0.